The van der Waals surface area contributed by atoms with Crippen LogP contribution in [-0.2, 0) is 6.54 Å². The molecule has 0 N–H and O–H groups in total. The molecule has 3 heteroatoms. The van der Waals surface area contributed by atoms with Gasteiger partial charge in [-0.25, -0.2) is 4.98 Å². The molecule has 0 saturated carbocycles. The molecule has 2 rings (SSSR count). The standard InChI is InChI=1S/C15H18N2O/c1-10-7-11(2)13(4)15(12(10)3)14(18)8-17-6-5-16-9-17/h5-7,9H,8H2,1-4H3. The highest BCUT2D eigenvalue weighted by Crippen LogP contribution is 2.22. The number of Topliss-reactive ketones (excluding diaryl/α,β-unsaturated/α-hetero) is 1. The highest BCUT2D eigenvalue weighted by Gasteiger charge is 2.15. The predicted octanol–water partition coefficient (Wildman–Crippen LogP) is 3.00. The lowest BCUT2D eigenvalue weighted by Crippen LogP contribution is -2.13. The van der Waals surface area contributed by atoms with E-state index in [0.29, 0.717) is 6.54 Å². The van der Waals surface area contributed by atoms with E-state index in [1.165, 1.54) is 11.1 Å². The smallest absolute Gasteiger partial charge is 0.183 e. The third-order valence-electron chi connectivity index (χ3n) is 3.53. The zero-order valence-electron chi connectivity index (χ0n) is 11.3. The second-order valence-corrected chi connectivity index (χ2v) is 4.79. The molecular weight excluding hydrogens is 224 g/mol. The molecule has 0 spiro atoms. The number of ketones is 1. The number of hydrogen-bond acceptors (Lipinski definition) is 2. The van der Waals surface area contributed by atoms with Crippen molar-refractivity contribution in [1.82, 2.24) is 9.55 Å². The lowest BCUT2D eigenvalue weighted by Gasteiger charge is -2.14. The van der Waals surface area contributed by atoms with Crippen LogP contribution in [0.2, 0.25) is 0 Å². The number of benzene rings is 1. The predicted molar refractivity (Wildman–Crippen MR) is 71.9 cm³/mol. The highest BCUT2D eigenvalue weighted by molar-refractivity contribution is 5.99. The molecule has 2 aromatic rings. The summed E-state index contributed by atoms with van der Waals surface area (Å²) in [6.07, 6.45) is 5.17. The lowest BCUT2D eigenvalue weighted by atomic mass is 9.91. The highest BCUT2D eigenvalue weighted by atomic mass is 16.1. The van der Waals surface area contributed by atoms with Gasteiger partial charge in [0.25, 0.3) is 0 Å². The van der Waals surface area contributed by atoms with Crippen molar-refractivity contribution < 1.29 is 4.79 Å². The van der Waals surface area contributed by atoms with Gasteiger partial charge in [0.1, 0.15) is 0 Å². The van der Waals surface area contributed by atoms with Gasteiger partial charge >= 0.3 is 0 Å². The van der Waals surface area contributed by atoms with E-state index >= 15 is 0 Å². The Labute approximate surface area is 107 Å². The van der Waals surface area contributed by atoms with E-state index in [2.05, 4.69) is 24.9 Å². The lowest BCUT2D eigenvalue weighted by molar-refractivity contribution is 0.0970. The maximum Gasteiger partial charge on any atom is 0.183 e. The summed E-state index contributed by atoms with van der Waals surface area (Å²) >= 11 is 0. The molecule has 1 aromatic carbocycles. The Morgan fingerprint density at radius 1 is 1.17 bits per heavy atom. The average molecular weight is 242 g/mol. The summed E-state index contributed by atoms with van der Waals surface area (Å²) in [5.74, 6) is 0.148. The first kappa shape index (κ1) is 12.6. The number of carbonyl (C=O) groups excluding carboxylic acids is 1. The van der Waals surface area contributed by atoms with Crippen LogP contribution in [0.3, 0.4) is 0 Å². The van der Waals surface area contributed by atoms with E-state index in [9.17, 15) is 4.79 Å². The molecule has 0 aliphatic rings. The first-order valence-corrected chi connectivity index (χ1v) is 6.07. The van der Waals surface area contributed by atoms with E-state index in [-0.39, 0.29) is 5.78 Å². The van der Waals surface area contributed by atoms with Crippen LogP contribution in [0.25, 0.3) is 0 Å². The molecule has 1 heterocycles. The van der Waals surface area contributed by atoms with Crippen LogP contribution < -0.4 is 0 Å². The third kappa shape index (κ3) is 2.21. The summed E-state index contributed by atoms with van der Waals surface area (Å²) in [5, 5.41) is 0. The Bertz CT molecular complexity index is 557. The summed E-state index contributed by atoms with van der Waals surface area (Å²) in [4.78, 5) is 16.4. The fourth-order valence-electron chi connectivity index (χ4n) is 2.26. The molecule has 0 aliphatic carbocycles. The van der Waals surface area contributed by atoms with Crippen molar-refractivity contribution in [1.29, 1.82) is 0 Å². The minimum atomic E-state index is 0.148. The Balaban J connectivity index is 2.41. The summed E-state index contributed by atoms with van der Waals surface area (Å²) in [5.41, 5.74) is 5.38. The Hall–Kier alpha value is -1.90. The number of aromatic nitrogens is 2. The van der Waals surface area contributed by atoms with Gasteiger partial charge in [0.05, 0.1) is 12.9 Å². The number of rotatable bonds is 3. The minimum absolute atomic E-state index is 0.148. The monoisotopic (exact) mass is 242 g/mol. The van der Waals surface area contributed by atoms with Crippen LogP contribution in [0.5, 0.6) is 0 Å². The summed E-state index contributed by atoms with van der Waals surface area (Å²) < 4.78 is 1.80. The summed E-state index contributed by atoms with van der Waals surface area (Å²) in [6, 6.07) is 2.14. The van der Waals surface area contributed by atoms with Crippen LogP contribution in [0.1, 0.15) is 32.6 Å². The van der Waals surface area contributed by atoms with Gasteiger partial charge < -0.3 is 4.57 Å². The summed E-state index contributed by atoms with van der Waals surface area (Å²) in [7, 11) is 0. The number of carbonyl (C=O) groups is 1. The van der Waals surface area contributed by atoms with E-state index in [0.717, 1.165) is 16.7 Å². The van der Waals surface area contributed by atoms with Gasteiger partial charge in [-0.3, -0.25) is 4.79 Å². The van der Waals surface area contributed by atoms with Gasteiger partial charge in [-0.1, -0.05) is 6.07 Å². The van der Waals surface area contributed by atoms with Crippen LogP contribution in [0.15, 0.2) is 24.8 Å². The molecule has 94 valence electrons. The first-order chi connectivity index (χ1) is 8.50. The third-order valence-corrected chi connectivity index (χ3v) is 3.53. The van der Waals surface area contributed by atoms with E-state index in [4.69, 9.17) is 0 Å². The SMILES string of the molecule is Cc1cc(C)c(C)c(C(=O)Cn2ccnc2)c1C. The van der Waals surface area contributed by atoms with Gasteiger partial charge in [0.2, 0.25) is 0 Å². The molecule has 0 aliphatic heterocycles. The van der Waals surface area contributed by atoms with Crippen molar-refractivity contribution in [2.45, 2.75) is 34.2 Å². The molecule has 0 atom stereocenters. The largest absolute Gasteiger partial charge is 0.330 e. The topological polar surface area (TPSA) is 34.9 Å². The normalized spacial score (nSPS) is 10.7. The zero-order chi connectivity index (χ0) is 13.3. The second kappa shape index (κ2) is 4.77. The zero-order valence-corrected chi connectivity index (χ0v) is 11.3. The number of hydrogen-bond donors (Lipinski definition) is 0. The first-order valence-electron chi connectivity index (χ1n) is 6.07. The van der Waals surface area contributed by atoms with E-state index in [1.54, 1.807) is 17.1 Å². The van der Waals surface area contributed by atoms with Crippen molar-refractivity contribution in [3.8, 4) is 0 Å². The number of imidazole rings is 1. The van der Waals surface area contributed by atoms with E-state index in [1.807, 2.05) is 20.0 Å². The van der Waals surface area contributed by atoms with Crippen LogP contribution in [0, 0.1) is 27.7 Å². The van der Waals surface area contributed by atoms with Gasteiger partial charge in [0, 0.05) is 18.0 Å². The Kier molecular flexibility index (Phi) is 3.32. The van der Waals surface area contributed by atoms with Gasteiger partial charge in [-0.05, 0) is 49.9 Å². The molecule has 0 radical (unpaired) electrons. The maximum atomic E-state index is 12.4. The van der Waals surface area contributed by atoms with Crippen molar-refractivity contribution in [3.05, 3.63) is 52.6 Å². The van der Waals surface area contributed by atoms with Crippen molar-refractivity contribution in [2.24, 2.45) is 0 Å². The van der Waals surface area contributed by atoms with E-state index < -0.39 is 0 Å². The average Bonchev–Trinajstić information content (AvgIpc) is 2.79. The van der Waals surface area contributed by atoms with Gasteiger partial charge in [-0.2, -0.15) is 0 Å². The maximum absolute atomic E-state index is 12.4. The quantitative estimate of drug-likeness (QED) is 0.775. The van der Waals surface area contributed by atoms with Crippen molar-refractivity contribution in [2.75, 3.05) is 0 Å². The van der Waals surface area contributed by atoms with Gasteiger partial charge in [0.15, 0.2) is 5.78 Å². The van der Waals surface area contributed by atoms with Crippen LogP contribution in [-0.4, -0.2) is 15.3 Å². The van der Waals surface area contributed by atoms with Crippen LogP contribution in [0.4, 0.5) is 0 Å². The molecule has 18 heavy (non-hydrogen) atoms. The molecule has 0 amide bonds. The molecule has 1 aromatic heterocycles. The number of aryl methyl sites for hydroxylation is 2. The fourth-order valence-corrected chi connectivity index (χ4v) is 2.26. The van der Waals surface area contributed by atoms with Crippen molar-refractivity contribution >= 4 is 5.78 Å². The summed E-state index contributed by atoms with van der Waals surface area (Å²) in [6.45, 7) is 8.49. The van der Waals surface area contributed by atoms with Gasteiger partial charge in [-0.15, -0.1) is 0 Å². The molecule has 0 fully saturated rings. The molecule has 0 unspecified atom stereocenters. The van der Waals surface area contributed by atoms with Crippen molar-refractivity contribution in [3.63, 3.8) is 0 Å². The fraction of sp³-hybridized carbons (Fsp3) is 0.333. The molecular formula is C15H18N2O. The molecule has 0 bridgehead atoms. The Morgan fingerprint density at radius 3 is 2.28 bits per heavy atom. The molecule has 3 nitrogen and oxygen atoms in total. The number of nitrogens with zero attached hydrogens (tertiary/aromatic N) is 2. The van der Waals surface area contributed by atoms with Crippen LogP contribution >= 0.6 is 0 Å². The minimum Gasteiger partial charge on any atom is -0.330 e. The second-order valence-electron chi connectivity index (χ2n) is 4.79. The molecule has 0 saturated heterocycles. The Morgan fingerprint density at radius 2 is 1.78 bits per heavy atom.